The Morgan fingerprint density at radius 2 is 1.48 bits per heavy atom. The van der Waals surface area contributed by atoms with E-state index in [-0.39, 0.29) is 30.0 Å². The molecule has 3 aromatic carbocycles. The van der Waals surface area contributed by atoms with Gasteiger partial charge in [-0.2, -0.15) is 0 Å². The molecule has 3 aromatic rings. The van der Waals surface area contributed by atoms with E-state index in [4.69, 9.17) is 23.2 Å². The average molecular weight is 694 g/mol. The van der Waals surface area contributed by atoms with Crippen molar-refractivity contribution in [3.8, 4) is 11.5 Å². The van der Waals surface area contributed by atoms with E-state index < -0.39 is 80.1 Å². The topological polar surface area (TPSA) is 153 Å². The Morgan fingerprint density at radius 3 is 2.08 bits per heavy atom. The van der Waals surface area contributed by atoms with Crippen LogP contribution in [0, 0.1) is 37.4 Å². The highest BCUT2D eigenvalue weighted by Crippen LogP contribution is 2.66. The zero-order valence-corrected chi connectivity index (χ0v) is 26.9. The molecular weight excluding hydrogens is 666 g/mol. The van der Waals surface area contributed by atoms with Gasteiger partial charge in [-0.05, 0) is 85.7 Å². The summed E-state index contributed by atoms with van der Waals surface area (Å²) in [6.45, 7) is 3.33. The van der Waals surface area contributed by atoms with E-state index in [2.05, 4.69) is 0 Å². The van der Waals surface area contributed by atoms with Crippen molar-refractivity contribution in [2.45, 2.75) is 42.4 Å². The van der Waals surface area contributed by atoms with Gasteiger partial charge in [-0.25, -0.2) is 19.0 Å². The Kier molecular flexibility index (Phi) is 7.05. The molecule has 0 bridgehead atoms. The molecule has 0 unspecified atom stereocenters. The largest absolute Gasteiger partial charge is 0.507 e. The van der Waals surface area contributed by atoms with Crippen LogP contribution < -0.4 is 9.80 Å². The van der Waals surface area contributed by atoms with Gasteiger partial charge in [0.25, 0.3) is 11.8 Å². The molecule has 246 valence electrons. The molecule has 6 atom stereocenters. The number of aromatic carboxylic acids is 1. The highest BCUT2D eigenvalue weighted by atomic mass is 35.5. The molecule has 13 heteroatoms. The van der Waals surface area contributed by atoms with E-state index in [9.17, 15) is 43.7 Å². The Labute approximate surface area is 283 Å². The molecule has 2 aliphatic heterocycles. The van der Waals surface area contributed by atoms with E-state index in [1.54, 1.807) is 32.1 Å². The number of hydrogen-bond acceptors (Lipinski definition) is 7. The summed E-state index contributed by atoms with van der Waals surface area (Å²) in [5.74, 6) is -9.39. The number of allylic oxidation sites excluding steroid dienone is 2. The Morgan fingerprint density at radius 1 is 0.854 bits per heavy atom. The molecule has 0 aromatic heterocycles. The van der Waals surface area contributed by atoms with E-state index in [1.165, 1.54) is 18.2 Å². The SMILES string of the molecule is Cc1cc([C@H]2C3=CC[C@@H]4C(=O)N(c5ccc(C(=O)O)c(O)c5)C(=O)[C@@H]4[C@@H]3C[C@@]3(Cl)C(=O)N(c4ccc(F)cc4)C(=O)[C@@]23Cl)cc(C)c1O. The maximum Gasteiger partial charge on any atom is 0.339 e. The molecule has 0 spiro atoms. The number of hydrogen-bond donors (Lipinski definition) is 3. The smallest absolute Gasteiger partial charge is 0.339 e. The van der Waals surface area contributed by atoms with Crippen LogP contribution in [0.3, 0.4) is 0 Å². The van der Waals surface area contributed by atoms with Gasteiger partial charge in [0.05, 0.1) is 23.2 Å². The summed E-state index contributed by atoms with van der Waals surface area (Å²) in [6.07, 6.45) is 1.54. The quantitative estimate of drug-likeness (QED) is 0.189. The highest BCUT2D eigenvalue weighted by Gasteiger charge is 2.76. The molecule has 2 aliphatic carbocycles. The Hall–Kier alpha value is -4.74. The third-order valence-corrected chi connectivity index (χ3v) is 11.6. The first-order valence-electron chi connectivity index (χ1n) is 15.1. The van der Waals surface area contributed by atoms with Crippen molar-refractivity contribution >= 4 is 64.2 Å². The number of halogens is 3. The van der Waals surface area contributed by atoms with E-state index >= 15 is 0 Å². The Bertz CT molecular complexity index is 2010. The molecule has 48 heavy (non-hydrogen) atoms. The third kappa shape index (κ3) is 4.13. The zero-order chi connectivity index (χ0) is 34.6. The molecule has 1 saturated carbocycles. The second kappa shape index (κ2) is 10.6. The van der Waals surface area contributed by atoms with E-state index in [1.807, 2.05) is 0 Å². The minimum Gasteiger partial charge on any atom is -0.507 e. The first-order valence-corrected chi connectivity index (χ1v) is 15.8. The number of rotatable bonds is 4. The molecule has 10 nitrogen and oxygen atoms in total. The third-order valence-electron chi connectivity index (χ3n) is 10.2. The molecule has 7 rings (SSSR count). The van der Waals surface area contributed by atoms with Crippen LogP contribution in [-0.2, 0) is 19.2 Å². The van der Waals surface area contributed by atoms with Crippen LogP contribution in [0.1, 0.15) is 45.8 Å². The molecular formula is C35H27Cl2FN2O8. The minimum absolute atomic E-state index is 0.0238. The van der Waals surface area contributed by atoms with Crippen LogP contribution in [0.15, 0.2) is 66.2 Å². The number of carboxylic acids is 1. The molecule has 4 aliphatic rings. The maximum atomic E-state index is 14.5. The summed E-state index contributed by atoms with van der Waals surface area (Å²) in [7, 11) is 0. The van der Waals surface area contributed by atoms with Gasteiger partial charge in [0.2, 0.25) is 11.8 Å². The van der Waals surface area contributed by atoms with Crippen LogP contribution in [0.5, 0.6) is 11.5 Å². The predicted octanol–water partition coefficient (Wildman–Crippen LogP) is 5.32. The van der Waals surface area contributed by atoms with Crippen molar-refractivity contribution in [2.24, 2.45) is 17.8 Å². The summed E-state index contributed by atoms with van der Waals surface area (Å²) in [5.41, 5.74) is 1.54. The van der Waals surface area contributed by atoms with Gasteiger partial charge in [-0.1, -0.05) is 23.8 Å². The molecule has 2 saturated heterocycles. The Balaban J connectivity index is 1.39. The minimum atomic E-state index is -2.13. The normalized spacial score (nSPS) is 29.5. The van der Waals surface area contributed by atoms with Crippen molar-refractivity contribution < 1.29 is 43.7 Å². The van der Waals surface area contributed by atoms with Crippen molar-refractivity contribution in [1.82, 2.24) is 0 Å². The number of alkyl halides is 2. The summed E-state index contributed by atoms with van der Waals surface area (Å²) in [5, 5.41) is 30.3. The fraction of sp³-hybridized carbons (Fsp3) is 0.286. The molecule has 3 N–H and O–H groups in total. The fourth-order valence-corrected chi connectivity index (χ4v) is 8.96. The lowest BCUT2D eigenvalue weighted by Crippen LogP contribution is -2.60. The second-order valence-corrected chi connectivity index (χ2v) is 14.0. The average Bonchev–Trinajstić information content (AvgIpc) is 3.37. The molecule has 4 amide bonds. The zero-order valence-electron chi connectivity index (χ0n) is 25.4. The van der Waals surface area contributed by atoms with Gasteiger partial charge in [0, 0.05) is 12.0 Å². The van der Waals surface area contributed by atoms with Crippen molar-refractivity contribution in [3.05, 3.63) is 94.3 Å². The van der Waals surface area contributed by atoms with E-state index in [0.717, 1.165) is 34.1 Å². The van der Waals surface area contributed by atoms with Crippen molar-refractivity contribution in [2.75, 3.05) is 9.80 Å². The first kappa shape index (κ1) is 31.8. The predicted molar refractivity (Wildman–Crippen MR) is 172 cm³/mol. The van der Waals surface area contributed by atoms with Gasteiger partial charge >= 0.3 is 5.97 Å². The number of anilines is 2. The molecule has 3 fully saturated rings. The number of aryl methyl sites for hydroxylation is 2. The lowest BCUT2D eigenvalue weighted by Gasteiger charge is -2.50. The number of carboxylic acid groups (broad SMARTS) is 1. The van der Waals surface area contributed by atoms with Gasteiger partial charge in [-0.15, -0.1) is 23.2 Å². The monoisotopic (exact) mass is 692 g/mol. The van der Waals surface area contributed by atoms with Crippen molar-refractivity contribution in [1.29, 1.82) is 0 Å². The number of phenols is 2. The van der Waals surface area contributed by atoms with Crippen LogP contribution in [0.2, 0.25) is 0 Å². The standard InChI is InChI=1S/C35H27Cl2FN2O8/c1-15-11-17(12-16(2)28(15)42)27-21-9-10-23-26(30(44)39(29(23)43)20-7-8-22(31(45)46)25(41)13-20)24(21)14-34(36)32(47)40(33(48)35(27,34)37)19-5-3-18(38)4-6-19/h3-9,11-13,23-24,26-27,41-42H,10,14H2,1-2H3,(H,45,46)/t23-,24+,26-,27-,34+,35-/m0/s1. The number of carbonyl (C=O) groups excluding carboxylic acids is 4. The second-order valence-electron chi connectivity index (χ2n) is 12.8. The lowest BCUT2D eigenvalue weighted by atomic mass is 9.56. The molecule has 0 radical (unpaired) electrons. The maximum absolute atomic E-state index is 14.5. The number of nitrogens with zero attached hydrogens (tertiary/aromatic N) is 2. The summed E-state index contributed by atoms with van der Waals surface area (Å²) in [6, 6.07) is 11.4. The van der Waals surface area contributed by atoms with E-state index in [0.29, 0.717) is 22.3 Å². The number of benzene rings is 3. The van der Waals surface area contributed by atoms with Gasteiger partial charge in [-0.3, -0.25) is 19.2 Å². The van der Waals surface area contributed by atoms with Gasteiger partial charge in [0.15, 0.2) is 9.75 Å². The van der Waals surface area contributed by atoms with Crippen LogP contribution in [0.4, 0.5) is 15.8 Å². The van der Waals surface area contributed by atoms with Crippen LogP contribution in [-0.4, -0.2) is 54.7 Å². The number of imide groups is 2. The van der Waals surface area contributed by atoms with Crippen LogP contribution in [0.25, 0.3) is 0 Å². The number of carbonyl (C=O) groups is 5. The lowest BCUT2D eigenvalue weighted by molar-refractivity contribution is -0.125. The first-order chi connectivity index (χ1) is 22.6. The number of fused-ring (bicyclic) bond motifs is 4. The fourth-order valence-electron chi connectivity index (χ4n) is 8.02. The van der Waals surface area contributed by atoms with Gasteiger partial charge < -0.3 is 15.3 Å². The van der Waals surface area contributed by atoms with Gasteiger partial charge in [0.1, 0.15) is 22.9 Å². The van der Waals surface area contributed by atoms with Crippen LogP contribution >= 0.6 is 23.2 Å². The number of amides is 4. The number of aromatic hydroxyl groups is 2. The summed E-state index contributed by atoms with van der Waals surface area (Å²) < 4.78 is 13.9. The van der Waals surface area contributed by atoms with Crippen molar-refractivity contribution in [3.63, 3.8) is 0 Å². The number of phenolic OH excluding ortho intramolecular Hbond substituents is 1. The molecule has 2 heterocycles. The highest BCUT2D eigenvalue weighted by molar-refractivity contribution is 6.58. The summed E-state index contributed by atoms with van der Waals surface area (Å²) >= 11 is 14.7. The summed E-state index contributed by atoms with van der Waals surface area (Å²) in [4.78, 5) is 65.8.